The summed E-state index contributed by atoms with van der Waals surface area (Å²) in [6.07, 6.45) is 0. The number of hydrogen-bond acceptors (Lipinski definition) is 0. The van der Waals surface area contributed by atoms with Gasteiger partial charge in [0.1, 0.15) is 0 Å². The summed E-state index contributed by atoms with van der Waals surface area (Å²) in [6, 6.07) is 0. The molecule has 0 bridgehead atoms. The molecule has 0 fully saturated rings. The monoisotopic (exact) mass is 619 g/mol. The minimum atomic E-state index is 0. The Morgan fingerprint density at radius 3 is 0.500 bits per heavy atom. The van der Waals surface area contributed by atoms with Crippen molar-refractivity contribution in [2.75, 3.05) is 0 Å². The number of rotatable bonds is 0. The molecule has 0 saturated carbocycles. The molecule has 0 aromatic heterocycles. The van der Waals surface area contributed by atoms with E-state index in [1.807, 2.05) is 0 Å². The molecule has 0 aliphatic heterocycles. The Hall–Kier alpha value is 3.24. The Kier molecular flexibility index (Phi) is 110. The predicted octanol–water partition coefficient (Wildman–Crippen LogP) is -8.99. The molecule has 0 spiro atoms. The van der Waals surface area contributed by atoms with Crippen LogP contribution in [0.25, 0.3) is 0 Å². The van der Waals surface area contributed by atoms with Crippen molar-refractivity contribution in [3.05, 3.63) is 0 Å². The van der Waals surface area contributed by atoms with Gasteiger partial charge < -0.3 is 71.9 Å². The van der Waals surface area contributed by atoms with Crippen LogP contribution in [0.4, 0.5) is 0 Å². The molecule has 0 aliphatic rings. The van der Waals surface area contributed by atoms with E-state index < -0.39 is 0 Å². The van der Waals surface area contributed by atoms with Crippen molar-refractivity contribution in [1.29, 1.82) is 0 Å². The zero-order valence-electron chi connectivity index (χ0n) is 1.63. The van der Waals surface area contributed by atoms with Gasteiger partial charge in [0, 0.05) is 0 Å². The van der Waals surface area contributed by atoms with Crippen LogP contribution in [-0.4, -0.2) is 0 Å². The number of halogens is 3. The van der Waals surface area contributed by atoms with Crippen LogP contribution in [0.2, 0.25) is 0 Å². The summed E-state index contributed by atoms with van der Waals surface area (Å²) < 4.78 is 0. The molecule has 0 aliphatic carbocycles. The Bertz CT molecular complexity index is 3.25. The van der Waals surface area contributed by atoms with Gasteiger partial charge in [-0.3, -0.25) is 0 Å². The van der Waals surface area contributed by atoms with Crippen LogP contribution < -0.4 is 71.9 Å². The third kappa shape index (κ3) is 8.97. The van der Waals surface area contributed by atoms with E-state index in [9.17, 15) is 0 Å². The summed E-state index contributed by atoms with van der Waals surface area (Å²) in [5, 5.41) is 0. The first kappa shape index (κ1) is 26.8. The first-order valence-electron chi connectivity index (χ1n) is 0. The molecular formula is I3U-. The molecule has 0 amide bonds. The molecule has 26 valence electrons. The molecule has 4 heteroatoms. The Labute approximate surface area is 101 Å². The van der Waals surface area contributed by atoms with Crippen molar-refractivity contribution >= 4 is 0 Å². The fraction of sp³-hybridized carbons (Fsp3) is 0. The van der Waals surface area contributed by atoms with Crippen molar-refractivity contribution < 1.29 is 103 Å². The van der Waals surface area contributed by atoms with Gasteiger partial charge >= 0.3 is 31.1 Å². The van der Waals surface area contributed by atoms with E-state index in [0.29, 0.717) is 0 Å². The van der Waals surface area contributed by atoms with Crippen molar-refractivity contribution in [2.45, 2.75) is 0 Å². The van der Waals surface area contributed by atoms with E-state index in [1.54, 1.807) is 0 Å². The Morgan fingerprint density at radius 2 is 0.500 bits per heavy atom. The first-order valence-corrected chi connectivity index (χ1v) is 0. The van der Waals surface area contributed by atoms with Gasteiger partial charge in [0.15, 0.2) is 0 Å². The molecule has 0 rings (SSSR count). The van der Waals surface area contributed by atoms with Gasteiger partial charge in [0.05, 0.1) is 0 Å². The molecule has 0 heterocycles. The van der Waals surface area contributed by atoms with Crippen molar-refractivity contribution in [3.63, 3.8) is 0 Å². The second-order valence-corrected chi connectivity index (χ2v) is 0. The predicted molar refractivity (Wildman–Crippen MR) is 0 cm³/mol. The molecule has 0 saturated heterocycles. The summed E-state index contributed by atoms with van der Waals surface area (Å²) in [7, 11) is 0. The van der Waals surface area contributed by atoms with E-state index >= 15 is 0 Å². The summed E-state index contributed by atoms with van der Waals surface area (Å²) in [5.41, 5.74) is 0. The molecule has 0 radical (unpaired) electrons. The summed E-state index contributed by atoms with van der Waals surface area (Å²) in [5.74, 6) is 0. The quantitative estimate of drug-likeness (QED) is 0.237. The molecule has 0 N–H and O–H groups in total. The average molecular weight is 619 g/mol. The van der Waals surface area contributed by atoms with Gasteiger partial charge in [0.25, 0.3) is 0 Å². The maximum Gasteiger partial charge on any atom is 2.00 e. The SMILES string of the molecule is [I-].[I-].[I-].[U+2]. The zero-order chi connectivity index (χ0) is 0. The van der Waals surface area contributed by atoms with Crippen LogP contribution >= 0.6 is 0 Å². The second kappa shape index (κ2) is 16.3. The minimum absolute atomic E-state index is 0. The van der Waals surface area contributed by atoms with Gasteiger partial charge in [-0.2, -0.15) is 0 Å². The fourth-order valence-electron chi connectivity index (χ4n) is 0. The standard InChI is InChI=1S/3HI.U/h3*1H;/q;;;+2/p-3. The fourth-order valence-corrected chi connectivity index (χ4v) is 0. The molecule has 0 aromatic rings. The van der Waals surface area contributed by atoms with Crippen LogP contribution in [0.1, 0.15) is 0 Å². The molecule has 4 heavy (non-hydrogen) atoms. The van der Waals surface area contributed by atoms with Crippen molar-refractivity contribution in [1.82, 2.24) is 0 Å². The van der Waals surface area contributed by atoms with Gasteiger partial charge in [0.2, 0.25) is 0 Å². The Balaban J connectivity index is 0. The topological polar surface area (TPSA) is 0 Å². The van der Waals surface area contributed by atoms with Gasteiger partial charge in [-0.25, -0.2) is 0 Å². The van der Waals surface area contributed by atoms with Crippen LogP contribution in [0, 0.1) is 31.1 Å². The summed E-state index contributed by atoms with van der Waals surface area (Å²) >= 11 is 0. The number of hydrogen-bond donors (Lipinski definition) is 0. The zero-order valence-corrected chi connectivity index (χ0v) is 12.3. The normalized spacial score (nSPS) is 0. The maximum atomic E-state index is 0. The molecule has 0 atom stereocenters. The third-order valence-corrected chi connectivity index (χ3v) is 0. The van der Waals surface area contributed by atoms with Gasteiger partial charge in [-0.15, -0.1) is 0 Å². The van der Waals surface area contributed by atoms with E-state index in [4.69, 9.17) is 0 Å². The van der Waals surface area contributed by atoms with Crippen molar-refractivity contribution in [3.8, 4) is 0 Å². The summed E-state index contributed by atoms with van der Waals surface area (Å²) in [4.78, 5) is 0. The third-order valence-electron chi connectivity index (χ3n) is 0. The van der Waals surface area contributed by atoms with E-state index in [0.717, 1.165) is 0 Å². The molecule has 0 unspecified atom stereocenters. The van der Waals surface area contributed by atoms with Crippen molar-refractivity contribution in [2.24, 2.45) is 0 Å². The van der Waals surface area contributed by atoms with Gasteiger partial charge in [-0.1, -0.05) is 0 Å². The maximum absolute atomic E-state index is 0. The van der Waals surface area contributed by atoms with E-state index in [2.05, 4.69) is 0 Å². The average Bonchev–Trinajstić information content (AvgIpc) is 0. The Morgan fingerprint density at radius 1 is 0.500 bits per heavy atom. The van der Waals surface area contributed by atoms with E-state index in [-0.39, 0.29) is 103 Å². The van der Waals surface area contributed by atoms with Crippen LogP contribution in [0.15, 0.2) is 0 Å². The summed E-state index contributed by atoms with van der Waals surface area (Å²) in [6.45, 7) is 0. The molecule has 0 aromatic carbocycles. The van der Waals surface area contributed by atoms with Crippen LogP contribution in [0.3, 0.4) is 0 Å². The molecular weight excluding hydrogens is 619 g/mol. The smallest absolute Gasteiger partial charge is 1.00 e. The first-order chi connectivity index (χ1) is 0. The minimum Gasteiger partial charge on any atom is -1.00 e. The van der Waals surface area contributed by atoms with Crippen LogP contribution in [0.5, 0.6) is 0 Å². The largest absolute Gasteiger partial charge is 2.00 e. The van der Waals surface area contributed by atoms with Gasteiger partial charge in [-0.05, 0) is 0 Å². The van der Waals surface area contributed by atoms with E-state index in [1.165, 1.54) is 0 Å². The molecule has 0 nitrogen and oxygen atoms in total. The second-order valence-electron chi connectivity index (χ2n) is 0. The van der Waals surface area contributed by atoms with Crippen LogP contribution in [-0.2, 0) is 0 Å².